The minimum Gasteiger partial charge on any atom is -0.324 e. The van der Waals surface area contributed by atoms with Gasteiger partial charge < -0.3 is 5.32 Å². The number of amides is 1. The number of anilines is 2. The van der Waals surface area contributed by atoms with Gasteiger partial charge in [-0.3, -0.25) is 13.9 Å². The van der Waals surface area contributed by atoms with Gasteiger partial charge in [0.2, 0.25) is 15.9 Å². The van der Waals surface area contributed by atoms with Gasteiger partial charge in [0.05, 0.1) is 22.0 Å². The second kappa shape index (κ2) is 8.94. The molecular formula is C19H20Cl2N2O4S. The molecule has 28 heavy (non-hydrogen) atoms. The summed E-state index contributed by atoms with van der Waals surface area (Å²) in [6.45, 7) is 3.12. The number of carbonyl (C=O) groups excluding carboxylic acids is 2. The minimum atomic E-state index is -3.80. The zero-order valence-electron chi connectivity index (χ0n) is 15.6. The lowest BCUT2D eigenvalue weighted by atomic mass is 10.1. The summed E-state index contributed by atoms with van der Waals surface area (Å²) in [6.07, 6.45) is 1.23. The lowest BCUT2D eigenvalue weighted by molar-refractivity contribution is -0.117. The Morgan fingerprint density at radius 1 is 1.11 bits per heavy atom. The first-order chi connectivity index (χ1) is 13.0. The average molecular weight is 443 g/mol. The fourth-order valence-electron chi connectivity index (χ4n) is 2.72. The summed E-state index contributed by atoms with van der Waals surface area (Å²) in [4.78, 5) is 24.4. The molecule has 6 nitrogen and oxygen atoms in total. The van der Waals surface area contributed by atoms with Crippen molar-refractivity contribution in [2.24, 2.45) is 0 Å². The van der Waals surface area contributed by atoms with Gasteiger partial charge in [-0.1, -0.05) is 42.3 Å². The molecule has 150 valence electrons. The number of nitrogens with one attached hydrogen (secondary N) is 1. The topological polar surface area (TPSA) is 83.6 Å². The van der Waals surface area contributed by atoms with Crippen LogP contribution >= 0.6 is 23.2 Å². The van der Waals surface area contributed by atoms with Crippen LogP contribution < -0.4 is 9.62 Å². The fraction of sp³-hybridized carbons (Fsp3) is 0.263. The summed E-state index contributed by atoms with van der Waals surface area (Å²) in [5.41, 5.74) is 1.07. The highest BCUT2D eigenvalue weighted by Crippen LogP contribution is 2.30. The van der Waals surface area contributed by atoms with E-state index < -0.39 is 22.0 Å². The van der Waals surface area contributed by atoms with Crippen molar-refractivity contribution in [2.75, 3.05) is 15.9 Å². The Morgan fingerprint density at radius 2 is 1.79 bits per heavy atom. The number of halogens is 2. The molecule has 0 radical (unpaired) electrons. The van der Waals surface area contributed by atoms with Crippen LogP contribution in [0.1, 0.15) is 30.6 Å². The van der Waals surface area contributed by atoms with Gasteiger partial charge in [-0.15, -0.1) is 0 Å². The number of ketones is 1. The van der Waals surface area contributed by atoms with E-state index >= 15 is 0 Å². The van der Waals surface area contributed by atoms with E-state index in [0.29, 0.717) is 11.3 Å². The standard InChI is InChI=1S/C19H20Cl2N2O4S/c1-4-18(19(25)22-14-7-5-6-13(10-14)12(2)24)23(28(3,26)27)15-8-9-16(20)17(21)11-15/h5-11,18H,4H2,1-3H3,(H,22,25)/t18-/m1/s1. The van der Waals surface area contributed by atoms with E-state index in [-0.39, 0.29) is 27.9 Å². The number of hydrogen-bond acceptors (Lipinski definition) is 4. The smallest absolute Gasteiger partial charge is 0.248 e. The predicted molar refractivity (Wildman–Crippen MR) is 113 cm³/mol. The zero-order chi connectivity index (χ0) is 21.1. The lowest BCUT2D eigenvalue weighted by Gasteiger charge is -2.30. The first-order valence-corrected chi connectivity index (χ1v) is 11.0. The Hall–Kier alpha value is -2.09. The molecule has 0 aromatic heterocycles. The number of nitrogens with zero attached hydrogens (tertiary/aromatic N) is 1. The molecule has 0 fully saturated rings. The normalized spacial score (nSPS) is 12.3. The molecule has 0 aliphatic heterocycles. The molecule has 2 aromatic carbocycles. The first kappa shape index (κ1) is 22.2. The van der Waals surface area contributed by atoms with Crippen LogP contribution in [-0.4, -0.2) is 32.4 Å². The van der Waals surface area contributed by atoms with Crippen LogP contribution in [0.25, 0.3) is 0 Å². The molecule has 0 saturated carbocycles. The van der Waals surface area contributed by atoms with Crippen molar-refractivity contribution in [3.05, 3.63) is 58.1 Å². The summed E-state index contributed by atoms with van der Waals surface area (Å²) in [5, 5.41) is 3.13. The van der Waals surface area contributed by atoms with Gasteiger partial charge in [0.1, 0.15) is 6.04 Å². The van der Waals surface area contributed by atoms with Crippen LogP contribution in [0, 0.1) is 0 Å². The SMILES string of the molecule is CC[C@H](C(=O)Nc1cccc(C(C)=O)c1)N(c1ccc(Cl)c(Cl)c1)S(C)(=O)=O. The maximum Gasteiger partial charge on any atom is 0.248 e. The third-order valence-electron chi connectivity index (χ3n) is 4.02. The fourth-order valence-corrected chi connectivity index (χ4v) is 4.22. The van der Waals surface area contributed by atoms with Gasteiger partial charge >= 0.3 is 0 Å². The molecule has 0 unspecified atom stereocenters. The predicted octanol–water partition coefficient (Wildman–Crippen LogP) is 4.38. The Bertz CT molecular complexity index is 1010. The van der Waals surface area contributed by atoms with E-state index in [2.05, 4.69) is 5.32 Å². The summed E-state index contributed by atoms with van der Waals surface area (Å²) >= 11 is 11.9. The summed E-state index contributed by atoms with van der Waals surface area (Å²) in [7, 11) is -3.80. The molecule has 1 atom stereocenters. The highest BCUT2D eigenvalue weighted by atomic mass is 35.5. The molecule has 0 bridgehead atoms. The van der Waals surface area contributed by atoms with E-state index in [9.17, 15) is 18.0 Å². The quantitative estimate of drug-likeness (QED) is 0.644. The number of carbonyl (C=O) groups is 2. The van der Waals surface area contributed by atoms with Gasteiger partial charge in [0.25, 0.3) is 0 Å². The van der Waals surface area contributed by atoms with Crippen LogP contribution in [0.3, 0.4) is 0 Å². The third-order valence-corrected chi connectivity index (χ3v) is 5.94. The largest absolute Gasteiger partial charge is 0.324 e. The molecule has 1 N–H and O–H groups in total. The van der Waals surface area contributed by atoms with Crippen LogP contribution in [-0.2, 0) is 14.8 Å². The van der Waals surface area contributed by atoms with Crippen molar-refractivity contribution in [2.45, 2.75) is 26.3 Å². The molecule has 0 heterocycles. The van der Waals surface area contributed by atoms with Crippen molar-refractivity contribution < 1.29 is 18.0 Å². The van der Waals surface area contributed by atoms with Gasteiger partial charge in [-0.05, 0) is 43.7 Å². The number of Topliss-reactive ketones (excluding diaryl/α,β-unsaturated/α-hetero) is 1. The molecular weight excluding hydrogens is 423 g/mol. The van der Waals surface area contributed by atoms with E-state index in [1.807, 2.05) is 0 Å². The Kier molecular flexibility index (Phi) is 7.09. The molecule has 0 saturated heterocycles. The highest BCUT2D eigenvalue weighted by molar-refractivity contribution is 7.92. The molecule has 2 rings (SSSR count). The van der Waals surface area contributed by atoms with E-state index in [0.717, 1.165) is 10.6 Å². The van der Waals surface area contributed by atoms with Crippen LogP contribution in [0.4, 0.5) is 11.4 Å². The molecule has 2 aromatic rings. The second-order valence-electron chi connectivity index (χ2n) is 6.21. The Balaban J connectivity index is 2.40. The van der Waals surface area contributed by atoms with Crippen LogP contribution in [0.15, 0.2) is 42.5 Å². The first-order valence-electron chi connectivity index (χ1n) is 8.41. The summed E-state index contributed by atoms with van der Waals surface area (Å²) in [5.74, 6) is -0.670. The van der Waals surface area contributed by atoms with Crippen molar-refractivity contribution in [3.63, 3.8) is 0 Å². The number of hydrogen-bond donors (Lipinski definition) is 1. The molecule has 0 aliphatic rings. The van der Waals surface area contributed by atoms with Gasteiger partial charge in [0, 0.05) is 11.3 Å². The number of benzene rings is 2. The zero-order valence-corrected chi connectivity index (χ0v) is 17.9. The maximum absolute atomic E-state index is 12.9. The van der Waals surface area contributed by atoms with Crippen molar-refractivity contribution in [1.82, 2.24) is 0 Å². The molecule has 0 spiro atoms. The summed E-state index contributed by atoms with van der Waals surface area (Å²) < 4.78 is 25.9. The summed E-state index contributed by atoms with van der Waals surface area (Å²) in [6, 6.07) is 9.77. The molecule has 1 amide bonds. The third kappa shape index (κ3) is 5.25. The van der Waals surface area contributed by atoms with Crippen molar-refractivity contribution in [3.8, 4) is 0 Å². The van der Waals surface area contributed by atoms with Gasteiger partial charge in [0.15, 0.2) is 5.78 Å². The lowest BCUT2D eigenvalue weighted by Crippen LogP contribution is -2.47. The average Bonchev–Trinajstić information content (AvgIpc) is 2.61. The van der Waals surface area contributed by atoms with Crippen LogP contribution in [0.2, 0.25) is 10.0 Å². The number of rotatable bonds is 7. The monoisotopic (exact) mass is 442 g/mol. The second-order valence-corrected chi connectivity index (χ2v) is 8.88. The number of sulfonamides is 1. The van der Waals surface area contributed by atoms with Crippen molar-refractivity contribution in [1.29, 1.82) is 0 Å². The molecule has 0 aliphatic carbocycles. The molecule has 9 heteroatoms. The van der Waals surface area contributed by atoms with Gasteiger partial charge in [-0.25, -0.2) is 8.42 Å². The van der Waals surface area contributed by atoms with E-state index in [1.165, 1.54) is 31.2 Å². The van der Waals surface area contributed by atoms with E-state index in [4.69, 9.17) is 23.2 Å². The van der Waals surface area contributed by atoms with Gasteiger partial charge in [-0.2, -0.15) is 0 Å². The Morgan fingerprint density at radius 3 is 2.32 bits per heavy atom. The van der Waals surface area contributed by atoms with Crippen LogP contribution in [0.5, 0.6) is 0 Å². The van der Waals surface area contributed by atoms with E-state index in [1.54, 1.807) is 25.1 Å². The van der Waals surface area contributed by atoms with Crippen molar-refractivity contribution >= 4 is 56.3 Å². The highest BCUT2D eigenvalue weighted by Gasteiger charge is 2.32. The maximum atomic E-state index is 12.9. The Labute approximate surface area is 174 Å². The minimum absolute atomic E-state index is 0.142.